The first kappa shape index (κ1) is 14.4. The lowest BCUT2D eigenvalue weighted by molar-refractivity contribution is 0.453. The highest BCUT2D eigenvalue weighted by atomic mass is 79.9. The van der Waals surface area contributed by atoms with Crippen molar-refractivity contribution in [3.05, 3.63) is 33.8 Å². The third-order valence-electron chi connectivity index (χ3n) is 3.61. The predicted molar refractivity (Wildman–Crippen MR) is 85.6 cm³/mol. The van der Waals surface area contributed by atoms with Gasteiger partial charge in [0, 0.05) is 10.5 Å². The van der Waals surface area contributed by atoms with Crippen molar-refractivity contribution in [3.8, 4) is 0 Å². The molecular weight excluding hydrogens is 306 g/mol. The van der Waals surface area contributed by atoms with Crippen molar-refractivity contribution < 1.29 is 0 Å². The van der Waals surface area contributed by atoms with Crippen LogP contribution >= 0.6 is 27.7 Å². The molecule has 18 heavy (non-hydrogen) atoms. The summed E-state index contributed by atoms with van der Waals surface area (Å²) < 4.78 is 1.21. The lowest BCUT2D eigenvalue weighted by atomic mass is 9.88. The molecule has 0 aliphatic heterocycles. The summed E-state index contributed by atoms with van der Waals surface area (Å²) in [5, 5.41) is 3.72. The molecule has 1 aromatic rings. The topological polar surface area (TPSA) is 12.0 Å². The summed E-state index contributed by atoms with van der Waals surface area (Å²) in [6.45, 7) is 1.18. The number of rotatable bonds is 6. The summed E-state index contributed by atoms with van der Waals surface area (Å²) in [5.41, 5.74) is 3.07. The second kappa shape index (κ2) is 7.56. The molecule has 0 heterocycles. The van der Waals surface area contributed by atoms with Gasteiger partial charge in [-0.3, -0.25) is 0 Å². The molecule has 0 saturated carbocycles. The van der Waals surface area contributed by atoms with E-state index in [9.17, 15) is 0 Å². The summed E-state index contributed by atoms with van der Waals surface area (Å²) in [6, 6.07) is 7.41. The van der Waals surface area contributed by atoms with Gasteiger partial charge in [0.05, 0.1) is 0 Å². The van der Waals surface area contributed by atoms with Crippen molar-refractivity contribution in [2.24, 2.45) is 0 Å². The Kier molecular flexibility index (Phi) is 6.06. The number of benzene rings is 1. The number of nitrogens with one attached hydrogen (secondary N) is 1. The number of fused-ring (bicyclic) bond motifs is 1. The molecule has 100 valence electrons. The average Bonchev–Trinajstić information content (AvgIpc) is 2.38. The second-order valence-electron chi connectivity index (χ2n) is 5.01. The molecule has 1 nitrogen and oxygen atoms in total. The van der Waals surface area contributed by atoms with Crippen LogP contribution in [0.4, 0.5) is 0 Å². The monoisotopic (exact) mass is 327 g/mol. The predicted octanol–water partition coefficient (Wildman–Crippen LogP) is 4.04. The summed E-state index contributed by atoms with van der Waals surface area (Å²) in [4.78, 5) is 0. The van der Waals surface area contributed by atoms with Crippen LogP contribution in [0.3, 0.4) is 0 Å². The van der Waals surface area contributed by atoms with E-state index in [2.05, 4.69) is 45.7 Å². The number of unbranched alkanes of at least 4 members (excludes halogenated alkanes) is 1. The van der Waals surface area contributed by atoms with Gasteiger partial charge in [0.2, 0.25) is 0 Å². The Hall–Kier alpha value is 0.01000. The van der Waals surface area contributed by atoms with Crippen LogP contribution in [0.25, 0.3) is 0 Å². The molecule has 1 N–H and O–H groups in total. The molecule has 0 spiro atoms. The molecule has 1 aliphatic rings. The molecule has 0 radical (unpaired) electrons. The lowest BCUT2D eigenvalue weighted by Crippen LogP contribution is -2.35. The van der Waals surface area contributed by atoms with Crippen molar-refractivity contribution in [3.63, 3.8) is 0 Å². The van der Waals surface area contributed by atoms with Crippen LogP contribution in [0.2, 0.25) is 0 Å². The fraction of sp³-hybridized carbons (Fsp3) is 0.600. The largest absolute Gasteiger partial charge is 0.314 e. The van der Waals surface area contributed by atoms with Gasteiger partial charge in [-0.2, -0.15) is 11.8 Å². The third kappa shape index (κ3) is 4.29. The number of halogens is 1. The van der Waals surface area contributed by atoms with Crippen LogP contribution in [-0.4, -0.2) is 24.6 Å². The minimum atomic E-state index is 0.688. The van der Waals surface area contributed by atoms with Crippen molar-refractivity contribution in [2.75, 3.05) is 18.6 Å². The summed E-state index contributed by atoms with van der Waals surface area (Å²) in [6.07, 6.45) is 8.53. The molecule has 0 bridgehead atoms. The minimum absolute atomic E-state index is 0.688. The highest BCUT2D eigenvalue weighted by Crippen LogP contribution is 2.24. The van der Waals surface area contributed by atoms with Gasteiger partial charge in [-0.1, -0.05) is 22.0 Å². The number of hydrogen-bond donors (Lipinski definition) is 1. The van der Waals surface area contributed by atoms with Crippen molar-refractivity contribution in [1.29, 1.82) is 0 Å². The van der Waals surface area contributed by atoms with Gasteiger partial charge in [0.15, 0.2) is 0 Å². The summed E-state index contributed by atoms with van der Waals surface area (Å²) >= 11 is 5.50. The maximum atomic E-state index is 3.72. The van der Waals surface area contributed by atoms with E-state index in [1.165, 1.54) is 60.0 Å². The Morgan fingerprint density at radius 1 is 1.33 bits per heavy atom. The van der Waals surface area contributed by atoms with Crippen LogP contribution < -0.4 is 5.32 Å². The van der Waals surface area contributed by atoms with Gasteiger partial charge >= 0.3 is 0 Å². The first-order valence-corrected chi connectivity index (χ1v) is 8.98. The van der Waals surface area contributed by atoms with Gasteiger partial charge in [-0.25, -0.2) is 0 Å². The lowest BCUT2D eigenvalue weighted by Gasteiger charge is -2.25. The fourth-order valence-electron chi connectivity index (χ4n) is 2.58. The Balaban J connectivity index is 1.76. The maximum Gasteiger partial charge on any atom is 0.0178 e. The van der Waals surface area contributed by atoms with Crippen molar-refractivity contribution >= 4 is 27.7 Å². The summed E-state index contributed by atoms with van der Waals surface area (Å²) in [5.74, 6) is 1.29. The van der Waals surface area contributed by atoms with Crippen LogP contribution in [0, 0.1) is 0 Å². The zero-order valence-corrected chi connectivity index (χ0v) is 13.4. The van der Waals surface area contributed by atoms with E-state index in [4.69, 9.17) is 0 Å². The van der Waals surface area contributed by atoms with Crippen LogP contribution in [0.5, 0.6) is 0 Å². The second-order valence-corrected chi connectivity index (χ2v) is 6.91. The number of thioether (sulfide) groups is 1. The van der Waals surface area contributed by atoms with Gasteiger partial charge in [0.1, 0.15) is 0 Å². The van der Waals surface area contributed by atoms with E-state index < -0.39 is 0 Å². The fourth-order valence-corrected chi connectivity index (χ4v) is 3.48. The molecular formula is C15H22BrNS. The van der Waals surface area contributed by atoms with E-state index in [0.717, 1.165) is 0 Å². The molecule has 3 heteroatoms. The third-order valence-corrected chi connectivity index (χ3v) is 4.80. The van der Waals surface area contributed by atoms with E-state index >= 15 is 0 Å². The van der Waals surface area contributed by atoms with Gasteiger partial charge in [-0.05, 0) is 73.9 Å². The van der Waals surface area contributed by atoms with Crippen LogP contribution in [-0.2, 0) is 12.8 Å². The maximum absolute atomic E-state index is 3.72. The SMILES string of the molecule is CSCCCCNC1CCc2cc(Br)ccc2C1. The molecule has 0 fully saturated rings. The summed E-state index contributed by atoms with van der Waals surface area (Å²) in [7, 11) is 0. The Labute approximate surface area is 123 Å². The van der Waals surface area contributed by atoms with E-state index in [1.54, 1.807) is 0 Å². The number of hydrogen-bond acceptors (Lipinski definition) is 2. The average molecular weight is 328 g/mol. The van der Waals surface area contributed by atoms with Gasteiger partial charge in [-0.15, -0.1) is 0 Å². The van der Waals surface area contributed by atoms with Crippen LogP contribution in [0.15, 0.2) is 22.7 Å². The molecule has 0 amide bonds. The molecule has 0 aromatic heterocycles. The van der Waals surface area contributed by atoms with E-state index in [-0.39, 0.29) is 0 Å². The van der Waals surface area contributed by atoms with Gasteiger partial charge in [0.25, 0.3) is 0 Å². The zero-order chi connectivity index (χ0) is 12.8. The first-order chi connectivity index (χ1) is 8.79. The Morgan fingerprint density at radius 3 is 3.06 bits per heavy atom. The Morgan fingerprint density at radius 2 is 2.22 bits per heavy atom. The molecule has 1 unspecified atom stereocenters. The standard InChI is InChI=1S/C15H22BrNS/c1-18-9-3-2-8-17-15-7-5-12-10-14(16)6-4-13(12)11-15/h4,6,10,15,17H,2-3,5,7-9,11H2,1H3. The van der Waals surface area contributed by atoms with Crippen molar-refractivity contribution in [2.45, 2.75) is 38.1 Å². The van der Waals surface area contributed by atoms with Crippen LogP contribution in [0.1, 0.15) is 30.4 Å². The quantitative estimate of drug-likeness (QED) is 0.791. The molecule has 1 aliphatic carbocycles. The highest BCUT2D eigenvalue weighted by Gasteiger charge is 2.17. The highest BCUT2D eigenvalue weighted by molar-refractivity contribution is 9.10. The first-order valence-electron chi connectivity index (χ1n) is 6.79. The Bertz CT molecular complexity index is 381. The molecule has 0 saturated heterocycles. The molecule has 2 rings (SSSR count). The normalized spacial score (nSPS) is 18.7. The number of aryl methyl sites for hydroxylation is 1. The van der Waals surface area contributed by atoms with Gasteiger partial charge < -0.3 is 5.32 Å². The van der Waals surface area contributed by atoms with E-state index in [0.29, 0.717) is 6.04 Å². The molecule has 1 atom stereocenters. The smallest absolute Gasteiger partial charge is 0.0178 e. The minimum Gasteiger partial charge on any atom is -0.314 e. The van der Waals surface area contributed by atoms with Crippen molar-refractivity contribution in [1.82, 2.24) is 5.32 Å². The van der Waals surface area contributed by atoms with E-state index in [1.807, 2.05) is 11.8 Å². The molecule has 1 aromatic carbocycles. The zero-order valence-electron chi connectivity index (χ0n) is 11.0.